The van der Waals surface area contributed by atoms with Crippen molar-refractivity contribution in [2.24, 2.45) is 4.99 Å². The Morgan fingerprint density at radius 1 is 1.35 bits per heavy atom. The van der Waals surface area contributed by atoms with Crippen molar-refractivity contribution in [1.82, 2.24) is 5.32 Å². The van der Waals surface area contributed by atoms with Crippen LogP contribution in [0.15, 0.2) is 35.3 Å². The number of nitrogens with one attached hydrogen (secondary N) is 1. The molecule has 1 aromatic carbocycles. The van der Waals surface area contributed by atoms with E-state index in [4.69, 9.17) is 4.99 Å². The van der Waals surface area contributed by atoms with Gasteiger partial charge < -0.3 is 5.32 Å². The van der Waals surface area contributed by atoms with E-state index in [1.165, 1.54) is 29.3 Å². The van der Waals surface area contributed by atoms with Gasteiger partial charge >= 0.3 is 0 Å². The monoisotopic (exact) mass is 246 g/mol. The average Bonchev–Trinajstić information content (AvgIpc) is 2.98. The second-order valence-corrected chi connectivity index (χ2v) is 5.82. The first-order valence-electron chi connectivity index (χ1n) is 6.39. The van der Waals surface area contributed by atoms with Gasteiger partial charge in [-0.2, -0.15) is 0 Å². The van der Waals surface area contributed by atoms with Crippen molar-refractivity contribution in [1.29, 1.82) is 0 Å². The minimum Gasteiger partial charge on any atom is -0.361 e. The topological polar surface area (TPSA) is 24.4 Å². The van der Waals surface area contributed by atoms with Gasteiger partial charge in [0.2, 0.25) is 0 Å². The average molecular weight is 246 g/mol. The Labute approximate surface area is 107 Å². The minimum absolute atomic E-state index is 0.517. The molecule has 1 aromatic rings. The Bertz CT molecular complexity index is 415. The molecule has 3 rings (SSSR count). The van der Waals surface area contributed by atoms with Crippen LogP contribution >= 0.6 is 11.8 Å². The zero-order valence-electron chi connectivity index (χ0n) is 10.1. The van der Waals surface area contributed by atoms with Crippen molar-refractivity contribution >= 4 is 16.9 Å². The van der Waals surface area contributed by atoms with Gasteiger partial charge in [-0.25, -0.2) is 0 Å². The van der Waals surface area contributed by atoms with E-state index in [2.05, 4.69) is 42.6 Å². The highest BCUT2D eigenvalue weighted by Gasteiger charge is 2.39. The van der Waals surface area contributed by atoms with Crippen LogP contribution in [0.4, 0.5) is 0 Å². The molecule has 2 aliphatic rings. The number of aliphatic imine (C=N–C) groups is 1. The summed E-state index contributed by atoms with van der Waals surface area (Å²) in [7, 11) is 0. The molecule has 1 heterocycles. The van der Waals surface area contributed by atoms with Crippen LogP contribution < -0.4 is 5.32 Å². The Hall–Kier alpha value is -0.960. The van der Waals surface area contributed by atoms with Crippen molar-refractivity contribution in [2.75, 3.05) is 5.75 Å². The maximum Gasteiger partial charge on any atom is 0.157 e. The Morgan fingerprint density at radius 2 is 2.18 bits per heavy atom. The summed E-state index contributed by atoms with van der Waals surface area (Å²) in [6, 6.07) is 11.9. The predicted molar refractivity (Wildman–Crippen MR) is 74.7 cm³/mol. The number of thioether (sulfide) groups is 1. The first kappa shape index (κ1) is 11.1. The number of benzene rings is 1. The van der Waals surface area contributed by atoms with Crippen LogP contribution in [-0.2, 0) is 0 Å². The molecule has 1 saturated carbocycles. The zero-order chi connectivity index (χ0) is 11.7. The van der Waals surface area contributed by atoms with Gasteiger partial charge in [-0.3, -0.25) is 4.99 Å². The van der Waals surface area contributed by atoms with E-state index >= 15 is 0 Å². The number of hydrogen-bond donors (Lipinski definition) is 1. The molecule has 90 valence electrons. The van der Waals surface area contributed by atoms with E-state index in [-0.39, 0.29) is 0 Å². The molecule has 0 aromatic heterocycles. The van der Waals surface area contributed by atoms with Gasteiger partial charge in [-0.1, -0.05) is 49.0 Å². The highest BCUT2D eigenvalue weighted by Crippen LogP contribution is 2.43. The highest BCUT2D eigenvalue weighted by atomic mass is 32.2. The summed E-state index contributed by atoms with van der Waals surface area (Å²) in [5.74, 6) is 1.84. The van der Waals surface area contributed by atoms with E-state index < -0.39 is 0 Å². The van der Waals surface area contributed by atoms with Gasteiger partial charge in [-0.15, -0.1) is 0 Å². The lowest BCUT2D eigenvalue weighted by Crippen LogP contribution is -2.26. The van der Waals surface area contributed by atoms with Gasteiger partial charge in [0.05, 0.1) is 6.04 Å². The molecule has 1 N–H and O–H groups in total. The lowest BCUT2D eigenvalue weighted by molar-refractivity contribution is 0.666. The SMILES string of the molecule is CCC1CSC(=NC2CC2c2ccccc2)N1. The van der Waals surface area contributed by atoms with Crippen LogP contribution in [0, 0.1) is 0 Å². The van der Waals surface area contributed by atoms with Crippen LogP contribution in [0.3, 0.4) is 0 Å². The molecule has 0 radical (unpaired) electrons. The maximum absolute atomic E-state index is 4.81. The number of amidine groups is 1. The molecule has 1 aliphatic heterocycles. The molecule has 0 spiro atoms. The largest absolute Gasteiger partial charge is 0.361 e. The van der Waals surface area contributed by atoms with E-state index in [9.17, 15) is 0 Å². The van der Waals surface area contributed by atoms with E-state index in [1.54, 1.807) is 0 Å². The number of nitrogens with zero attached hydrogens (tertiary/aromatic N) is 1. The summed E-state index contributed by atoms with van der Waals surface area (Å²) < 4.78 is 0. The van der Waals surface area contributed by atoms with E-state index in [1.807, 2.05) is 11.8 Å². The smallest absolute Gasteiger partial charge is 0.157 e. The van der Waals surface area contributed by atoms with Gasteiger partial charge in [0, 0.05) is 17.7 Å². The number of rotatable bonds is 3. The summed E-state index contributed by atoms with van der Waals surface area (Å²) in [5, 5.41) is 4.66. The predicted octanol–water partition coefficient (Wildman–Crippen LogP) is 3.01. The molecule has 17 heavy (non-hydrogen) atoms. The third-order valence-corrected chi connectivity index (χ3v) is 4.57. The molecule has 3 heteroatoms. The normalized spacial score (nSPS) is 33.7. The second kappa shape index (κ2) is 4.73. The van der Waals surface area contributed by atoms with Gasteiger partial charge in [0.1, 0.15) is 0 Å². The van der Waals surface area contributed by atoms with Crippen molar-refractivity contribution in [3.63, 3.8) is 0 Å². The van der Waals surface area contributed by atoms with Crippen LogP contribution in [0.5, 0.6) is 0 Å². The lowest BCUT2D eigenvalue weighted by atomic mass is 10.1. The van der Waals surface area contributed by atoms with Gasteiger partial charge in [-0.05, 0) is 18.4 Å². The Morgan fingerprint density at radius 3 is 2.88 bits per heavy atom. The molecule has 3 atom stereocenters. The van der Waals surface area contributed by atoms with Crippen molar-refractivity contribution in [2.45, 2.75) is 37.8 Å². The minimum atomic E-state index is 0.517. The molecule has 2 fully saturated rings. The Balaban J connectivity index is 1.61. The molecule has 3 unspecified atom stereocenters. The van der Waals surface area contributed by atoms with Crippen molar-refractivity contribution < 1.29 is 0 Å². The molecule has 0 bridgehead atoms. The van der Waals surface area contributed by atoms with Crippen molar-refractivity contribution in [3.8, 4) is 0 Å². The summed E-state index contributed by atoms with van der Waals surface area (Å²) >= 11 is 1.88. The first-order chi connectivity index (χ1) is 8.36. The summed E-state index contributed by atoms with van der Waals surface area (Å²) in [5.41, 5.74) is 1.44. The molecular weight excluding hydrogens is 228 g/mol. The Kier molecular flexibility index (Phi) is 3.10. The zero-order valence-corrected chi connectivity index (χ0v) is 10.9. The van der Waals surface area contributed by atoms with E-state index in [0.717, 1.165) is 0 Å². The van der Waals surface area contributed by atoms with Gasteiger partial charge in [0.25, 0.3) is 0 Å². The summed E-state index contributed by atoms with van der Waals surface area (Å²) in [6.07, 6.45) is 2.41. The quantitative estimate of drug-likeness (QED) is 0.886. The fourth-order valence-electron chi connectivity index (χ4n) is 2.27. The molecule has 1 aliphatic carbocycles. The highest BCUT2D eigenvalue weighted by molar-refractivity contribution is 8.14. The second-order valence-electron chi connectivity index (χ2n) is 4.81. The number of hydrogen-bond acceptors (Lipinski definition) is 2. The molecule has 0 amide bonds. The fraction of sp³-hybridized carbons (Fsp3) is 0.500. The van der Waals surface area contributed by atoms with Crippen LogP contribution in [0.2, 0.25) is 0 Å². The summed E-state index contributed by atoms with van der Waals surface area (Å²) in [4.78, 5) is 4.81. The van der Waals surface area contributed by atoms with Crippen LogP contribution in [-0.4, -0.2) is 23.0 Å². The molecule has 2 nitrogen and oxygen atoms in total. The fourth-order valence-corrected chi connectivity index (χ4v) is 3.40. The standard InChI is InChI=1S/C14H18N2S/c1-2-11-9-17-14(15-11)16-13-8-12(13)10-6-4-3-5-7-10/h3-7,11-13H,2,8-9H2,1H3,(H,15,16). The van der Waals surface area contributed by atoms with Gasteiger partial charge in [0.15, 0.2) is 5.17 Å². The third kappa shape index (κ3) is 2.49. The van der Waals surface area contributed by atoms with Crippen molar-refractivity contribution in [3.05, 3.63) is 35.9 Å². The third-order valence-electron chi connectivity index (χ3n) is 3.51. The summed E-state index contributed by atoms with van der Waals surface area (Å²) in [6.45, 7) is 2.23. The van der Waals surface area contributed by atoms with Crippen LogP contribution in [0.1, 0.15) is 31.2 Å². The van der Waals surface area contributed by atoms with Crippen LogP contribution in [0.25, 0.3) is 0 Å². The molecule has 1 saturated heterocycles. The molecular formula is C14H18N2S. The lowest BCUT2D eigenvalue weighted by Gasteiger charge is -2.04. The maximum atomic E-state index is 4.81. The van der Waals surface area contributed by atoms with E-state index in [0.29, 0.717) is 18.0 Å². The first-order valence-corrected chi connectivity index (χ1v) is 7.37.